The smallest absolute Gasteiger partial charge is 0.124 e. The fourth-order valence-electron chi connectivity index (χ4n) is 1.89. The highest BCUT2D eigenvalue weighted by molar-refractivity contribution is 7.85. The fourth-order valence-corrected chi connectivity index (χ4v) is 3.19. The first-order chi connectivity index (χ1) is 8.19. The van der Waals surface area contributed by atoms with Crippen molar-refractivity contribution in [3.05, 3.63) is 29.6 Å². The van der Waals surface area contributed by atoms with Crippen LogP contribution in [0.3, 0.4) is 0 Å². The Bertz CT molecular complexity index is 474. The second kappa shape index (κ2) is 5.28. The van der Waals surface area contributed by atoms with E-state index in [0.717, 1.165) is 12.8 Å². The first-order valence-electron chi connectivity index (χ1n) is 5.50. The molecule has 0 radical (unpaired) electrons. The van der Waals surface area contributed by atoms with Crippen molar-refractivity contribution in [1.29, 1.82) is 5.26 Å². The zero-order valence-electron chi connectivity index (χ0n) is 9.28. The van der Waals surface area contributed by atoms with Crippen molar-refractivity contribution in [1.82, 2.24) is 0 Å². The summed E-state index contributed by atoms with van der Waals surface area (Å²) >= 11 is 0. The maximum Gasteiger partial charge on any atom is 0.124 e. The number of hydrogen-bond acceptors (Lipinski definition) is 3. The summed E-state index contributed by atoms with van der Waals surface area (Å²) in [6.07, 6.45) is 1.66. The van der Waals surface area contributed by atoms with Crippen LogP contribution in [0.25, 0.3) is 0 Å². The third-order valence-corrected chi connectivity index (χ3v) is 4.23. The van der Waals surface area contributed by atoms with E-state index >= 15 is 0 Å². The van der Waals surface area contributed by atoms with Crippen LogP contribution in [-0.2, 0) is 10.8 Å². The van der Waals surface area contributed by atoms with E-state index in [9.17, 15) is 8.60 Å². The normalized spacial score (nSPS) is 24.0. The van der Waals surface area contributed by atoms with Crippen LogP contribution in [0, 0.1) is 17.1 Å². The lowest BCUT2D eigenvalue weighted by Crippen LogP contribution is -2.29. The quantitative estimate of drug-likeness (QED) is 0.876. The molecule has 90 valence electrons. The molecule has 0 bridgehead atoms. The summed E-state index contributed by atoms with van der Waals surface area (Å²) in [7, 11) is -0.695. The average Bonchev–Trinajstić information content (AvgIpc) is 2.34. The van der Waals surface area contributed by atoms with Crippen LogP contribution in [0.4, 0.5) is 10.1 Å². The zero-order chi connectivity index (χ0) is 12.3. The molecule has 1 N–H and O–H groups in total. The van der Waals surface area contributed by atoms with Gasteiger partial charge in [-0.05, 0) is 31.0 Å². The van der Waals surface area contributed by atoms with E-state index in [1.807, 2.05) is 6.07 Å². The zero-order valence-corrected chi connectivity index (χ0v) is 10.1. The summed E-state index contributed by atoms with van der Waals surface area (Å²) in [6, 6.07) is 6.35. The monoisotopic (exact) mass is 252 g/mol. The van der Waals surface area contributed by atoms with Gasteiger partial charge in [0.2, 0.25) is 0 Å². The van der Waals surface area contributed by atoms with E-state index in [2.05, 4.69) is 5.32 Å². The number of nitrogens with one attached hydrogen (secondary N) is 1. The lowest BCUT2D eigenvalue weighted by atomic mass is 10.1. The molecular weight excluding hydrogens is 239 g/mol. The molecule has 0 saturated carbocycles. The van der Waals surface area contributed by atoms with Gasteiger partial charge < -0.3 is 5.32 Å². The molecule has 0 aliphatic carbocycles. The number of hydrogen-bond donors (Lipinski definition) is 1. The van der Waals surface area contributed by atoms with Gasteiger partial charge in [0.25, 0.3) is 0 Å². The SMILES string of the molecule is N#Cc1cc(F)ccc1NC1CCS(=O)CC1. The molecule has 1 aliphatic heterocycles. The number of anilines is 1. The molecule has 1 fully saturated rings. The molecule has 1 saturated heterocycles. The van der Waals surface area contributed by atoms with Crippen LogP contribution < -0.4 is 5.32 Å². The summed E-state index contributed by atoms with van der Waals surface area (Å²) in [5.74, 6) is 0.985. The predicted molar refractivity (Wildman–Crippen MR) is 65.6 cm³/mol. The molecule has 1 aliphatic rings. The van der Waals surface area contributed by atoms with E-state index in [4.69, 9.17) is 5.26 Å². The Kier molecular flexibility index (Phi) is 3.75. The van der Waals surface area contributed by atoms with Gasteiger partial charge >= 0.3 is 0 Å². The Morgan fingerprint density at radius 3 is 2.76 bits per heavy atom. The Hall–Kier alpha value is -1.41. The molecule has 1 aromatic rings. The van der Waals surface area contributed by atoms with Crippen molar-refractivity contribution < 1.29 is 8.60 Å². The van der Waals surface area contributed by atoms with Crippen molar-refractivity contribution in [3.8, 4) is 6.07 Å². The van der Waals surface area contributed by atoms with E-state index in [-0.39, 0.29) is 6.04 Å². The molecule has 1 heterocycles. The number of nitrogens with zero attached hydrogens (tertiary/aromatic N) is 1. The van der Waals surface area contributed by atoms with Crippen LogP contribution in [0.2, 0.25) is 0 Å². The van der Waals surface area contributed by atoms with Gasteiger partial charge in [0.1, 0.15) is 11.9 Å². The van der Waals surface area contributed by atoms with Gasteiger partial charge in [-0.1, -0.05) is 0 Å². The number of benzene rings is 1. The molecule has 2 rings (SSSR count). The minimum Gasteiger partial charge on any atom is -0.381 e. The second-order valence-electron chi connectivity index (χ2n) is 4.07. The van der Waals surface area contributed by atoms with E-state index in [1.165, 1.54) is 12.1 Å². The maximum atomic E-state index is 12.9. The fraction of sp³-hybridized carbons (Fsp3) is 0.417. The number of rotatable bonds is 2. The van der Waals surface area contributed by atoms with Crippen LogP contribution in [0.5, 0.6) is 0 Å². The highest BCUT2D eigenvalue weighted by Gasteiger charge is 2.18. The minimum atomic E-state index is -0.695. The first kappa shape index (κ1) is 12.1. The minimum absolute atomic E-state index is 0.227. The van der Waals surface area contributed by atoms with E-state index in [1.54, 1.807) is 6.07 Å². The van der Waals surface area contributed by atoms with Crippen LogP contribution >= 0.6 is 0 Å². The maximum absolute atomic E-state index is 12.9. The number of nitriles is 1. The van der Waals surface area contributed by atoms with Crippen molar-refractivity contribution in [2.45, 2.75) is 18.9 Å². The standard InChI is InChI=1S/C12H13FN2OS/c13-10-1-2-12(9(7-10)8-14)15-11-3-5-17(16)6-4-11/h1-2,7,11,15H,3-6H2. The Morgan fingerprint density at radius 1 is 1.41 bits per heavy atom. The largest absolute Gasteiger partial charge is 0.381 e. The van der Waals surface area contributed by atoms with Gasteiger partial charge in [-0.3, -0.25) is 4.21 Å². The Morgan fingerprint density at radius 2 is 2.12 bits per heavy atom. The molecule has 0 atom stereocenters. The average molecular weight is 252 g/mol. The van der Waals surface area contributed by atoms with Crippen molar-refractivity contribution in [2.24, 2.45) is 0 Å². The van der Waals surface area contributed by atoms with Gasteiger partial charge in [-0.25, -0.2) is 4.39 Å². The molecule has 5 heteroatoms. The lowest BCUT2D eigenvalue weighted by molar-refractivity contribution is 0.620. The van der Waals surface area contributed by atoms with Gasteiger partial charge in [0.15, 0.2) is 0 Å². The lowest BCUT2D eigenvalue weighted by Gasteiger charge is -2.24. The van der Waals surface area contributed by atoms with Crippen molar-refractivity contribution in [2.75, 3.05) is 16.8 Å². The van der Waals surface area contributed by atoms with Crippen LogP contribution in [0.1, 0.15) is 18.4 Å². The summed E-state index contributed by atoms with van der Waals surface area (Å²) in [5.41, 5.74) is 0.975. The summed E-state index contributed by atoms with van der Waals surface area (Å²) in [6.45, 7) is 0. The van der Waals surface area contributed by atoms with Gasteiger partial charge in [0.05, 0.1) is 11.3 Å². The van der Waals surface area contributed by atoms with Crippen molar-refractivity contribution >= 4 is 16.5 Å². The molecule has 1 aromatic carbocycles. The molecule has 17 heavy (non-hydrogen) atoms. The topological polar surface area (TPSA) is 52.9 Å². The van der Waals surface area contributed by atoms with Crippen LogP contribution in [0.15, 0.2) is 18.2 Å². The summed E-state index contributed by atoms with van der Waals surface area (Å²) in [4.78, 5) is 0. The molecule has 3 nitrogen and oxygen atoms in total. The third kappa shape index (κ3) is 3.04. The van der Waals surface area contributed by atoms with E-state index in [0.29, 0.717) is 22.8 Å². The molecular formula is C12H13FN2OS. The second-order valence-corrected chi connectivity index (χ2v) is 5.76. The Balaban J connectivity index is 2.08. The molecule has 0 unspecified atom stereocenters. The molecule has 0 spiro atoms. The van der Waals surface area contributed by atoms with E-state index < -0.39 is 16.6 Å². The van der Waals surface area contributed by atoms with Crippen molar-refractivity contribution in [3.63, 3.8) is 0 Å². The van der Waals surface area contributed by atoms with Gasteiger partial charge in [-0.15, -0.1) is 0 Å². The first-order valence-corrected chi connectivity index (χ1v) is 6.99. The van der Waals surface area contributed by atoms with Crippen LogP contribution in [-0.4, -0.2) is 21.8 Å². The van der Waals surface area contributed by atoms with Gasteiger partial charge in [-0.2, -0.15) is 5.26 Å². The highest BCUT2D eigenvalue weighted by Crippen LogP contribution is 2.20. The Labute approximate surface area is 102 Å². The summed E-state index contributed by atoms with van der Waals surface area (Å²) < 4.78 is 24.2. The molecule has 0 amide bonds. The third-order valence-electron chi connectivity index (χ3n) is 2.85. The highest BCUT2D eigenvalue weighted by atomic mass is 32.2. The molecule has 0 aromatic heterocycles. The summed E-state index contributed by atoms with van der Waals surface area (Å²) in [5, 5.41) is 12.1. The van der Waals surface area contributed by atoms with Gasteiger partial charge in [0, 0.05) is 28.3 Å². The number of halogens is 1. The predicted octanol–water partition coefficient (Wildman–Crippen LogP) is 2.02.